The van der Waals surface area contributed by atoms with E-state index in [0.29, 0.717) is 17.9 Å². The van der Waals surface area contributed by atoms with Crippen molar-refractivity contribution in [3.8, 4) is 0 Å². The van der Waals surface area contributed by atoms with Gasteiger partial charge in [-0.3, -0.25) is 4.79 Å². The lowest BCUT2D eigenvalue weighted by Gasteiger charge is -2.29. The van der Waals surface area contributed by atoms with Crippen LogP contribution in [0, 0.1) is 11.8 Å². The highest BCUT2D eigenvalue weighted by atomic mass is 16.2. The molecule has 1 saturated heterocycles. The summed E-state index contributed by atoms with van der Waals surface area (Å²) in [6.07, 6.45) is 3.54. The Labute approximate surface area is 79.3 Å². The molecule has 13 heavy (non-hydrogen) atoms. The molecule has 0 radical (unpaired) electrons. The smallest absolute Gasteiger partial charge is 0.223 e. The third-order valence-electron chi connectivity index (χ3n) is 3.33. The van der Waals surface area contributed by atoms with Crippen molar-refractivity contribution >= 4 is 5.91 Å². The Bertz CT molecular complexity index is 201. The summed E-state index contributed by atoms with van der Waals surface area (Å²) in [4.78, 5) is 11.7. The number of amides is 1. The molecule has 2 N–H and O–H groups in total. The van der Waals surface area contributed by atoms with Gasteiger partial charge in [-0.2, -0.15) is 0 Å². The molecule has 2 aliphatic rings. The Morgan fingerprint density at radius 3 is 2.62 bits per heavy atom. The van der Waals surface area contributed by atoms with Crippen molar-refractivity contribution in [3.05, 3.63) is 0 Å². The molecule has 1 saturated carbocycles. The molecule has 1 aliphatic heterocycles. The van der Waals surface area contributed by atoms with Crippen LogP contribution in [-0.4, -0.2) is 25.0 Å². The average Bonchev–Trinajstić information content (AvgIpc) is 2.43. The van der Waals surface area contributed by atoms with Crippen LogP contribution < -0.4 is 10.6 Å². The molecule has 1 aliphatic carbocycles. The van der Waals surface area contributed by atoms with Crippen molar-refractivity contribution in [1.82, 2.24) is 10.6 Å². The predicted molar refractivity (Wildman–Crippen MR) is 51.3 cm³/mol. The highest BCUT2D eigenvalue weighted by Crippen LogP contribution is 2.31. The van der Waals surface area contributed by atoms with Gasteiger partial charge in [0.05, 0.1) is 6.04 Å². The zero-order valence-corrected chi connectivity index (χ0v) is 8.18. The molecule has 0 aromatic rings. The summed E-state index contributed by atoms with van der Waals surface area (Å²) in [7, 11) is 0. The predicted octanol–water partition coefficient (Wildman–Crippen LogP) is 0.511. The summed E-state index contributed by atoms with van der Waals surface area (Å²) >= 11 is 0. The first-order valence-corrected chi connectivity index (χ1v) is 5.28. The summed E-state index contributed by atoms with van der Waals surface area (Å²) in [6, 6.07) is 0.403. The molecule has 2 rings (SSSR count). The molecule has 0 aromatic heterocycles. The van der Waals surface area contributed by atoms with Gasteiger partial charge in [0.1, 0.15) is 0 Å². The van der Waals surface area contributed by atoms with Crippen molar-refractivity contribution < 1.29 is 4.79 Å². The fourth-order valence-corrected chi connectivity index (χ4v) is 2.23. The van der Waals surface area contributed by atoms with Gasteiger partial charge in [-0.1, -0.05) is 13.3 Å². The van der Waals surface area contributed by atoms with Gasteiger partial charge in [0, 0.05) is 19.0 Å². The van der Waals surface area contributed by atoms with Crippen molar-refractivity contribution in [2.75, 3.05) is 13.1 Å². The Kier molecular flexibility index (Phi) is 2.54. The first-order valence-electron chi connectivity index (χ1n) is 5.28. The fraction of sp³-hybridized carbons (Fsp3) is 0.900. The minimum absolute atomic E-state index is 0.288. The van der Waals surface area contributed by atoms with Crippen LogP contribution in [0.2, 0.25) is 0 Å². The Balaban J connectivity index is 1.81. The topological polar surface area (TPSA) is 41.1 Å². The second-order valence-electron chi connectivity index (χ2n) is 4.38. The SMILES string of the molecule is CC1CCCC1C(=O)NC1CNC1. The minimum Gasteiger partial charge on any atom is -0.351 e. The summed E-state index contributed by atoms with van der Waals surface area (Å²) in [6.45, 7) is 4.09. The highest BCUT2D eigenvalue weighted by Gasteiger charge is 2.31. The summed E-state index contributed by atoms with van der Waals surface area (Å²) in [5.74, 6) is 1.17. The number of carbonyl (C=O) groups is 1. The van der Waals surface area contributed by atoms with Gasteiger partial charge in [-0.05, 0) is 18.8 Å². The quantitative estimate of drug-likeness (QED) is 0.653. The molecule has 2 unspecified atom stereocenters. The van der Waals surface area contributed by atoms with E-state index >= 15 is 0 Å². The van der Waals surface area contributed by atoms with Crippen LogP contribution in [0.15, 0.2) is 0 Å². The fourth-order valence-electron chi connectivity index (χ4n) is 2.23. The van der Waals surface area contributed by atoms with E-state index in [9.17, 15) is 4.79 Å². The Morgan fingerprint density at radius 2 is 2.15 bits per heavy atom. The molecule has 0 aromatic carbocycles. The third-order valence-corrected chi connectivity index (χ3v) is 3.33. The number of nitrogens with one attached hydrogen (secondary N) is 2. The van der Waals surface area contributed by atoms with E-state index in [4.69, 9.17) is 0 Å². The van der Waals surface area contributed by atoms with Crippen LogP contribution in [0.5, 0.6) is 0 Å². The Hall–Kier alpha value is -0.570. The van der Waals surface area contributed by atoms with Crippen LogP contribution in [0.25, 0.3) is 0 Å². The van der Waals surface area contributed by atoms with Gasteiger partial charge in [0.2, 0.25) is 5.91 Å². The lowest BCUT2D eigenvalue weighted by atomic mass is 9.96. The van der Waals surface area contributed by atoms with Gasteiger partial charge >= 0.3 is 0 Å². The second kappa shape index (κ2) is 3.66. The molecule has 3 heteroatoms. The van der Waals surface area contributed by atoms with Crippen molar-refractivity contribution in [3.63, 3.8) is 0 Å². The molecule has 2 fully saturated rings. The minimum atomic E-state index is 0.288. The van der Waals surface area contributed by atoms with Crippen LogP contribution >= 0.6 is 0 Å². The van der Waals surface area contributed by atoms with E-state index in [1.54, 1.807) is 0 Å². The molecule has 2 atom stereocenters. The number of rotatable bonds is 2. The van der Waals surface area contributed by atoms with Crippen LogP contribution in [0.3, 0.4) is 0 Å². The first-order chi connectivity index (χ1) is 6.27. The zero-order chi connectivity index (χ0) is 9.26. The number of hydrogen-bond acceptors (Lipinski definition) is 2. The van der Waals surface area contributed by atoms with E-state index in [0.717, 1.165) is 19.5 Å². The van der Waals surface area contributed by atoms with Gasteiger partial charge in [0.25, 0.3) is 0 Å². The average molecular weight is 182 g/mol. The maximum Gasteiger partial charge on any atom is 0.223 e. The van der Waals surface area contributed by atoms with E-state index in [1.165, 1.54) is 12.8 Å². The van der Waals surface area contributed by atoms with Crippen LogP contribution in [-0.2, 0) is 4.79 Å². The van der Waals surface area contributed by atoms with E-state index in [1.807, 2.05) is 0 Å². The molecule has 0 spiro atoms. The summed E-state index contributed by atoms with van der Waals surface area (Å²) in [5, 5.41) is 6.24. The molecule has 1 heterocycles. The third kappa shape index (κ3) is 1.85. The summed E-state index contributed by atoms with van der Waals surface area (Å²) in [5.41, 5.74) is 0. The maximum absolute atomic E-state index is 11.7. The van der Waals surface area contributed by atoms with E-state index < -0.39 is 0 Å². The lowest BCUT2D eigenvalue weighted by Crippen LogP contribution is -2.58. The van der Waals surface area contributed by atoms with Gasteiger partial charge in [-0.25, -0.2) is 0 Å². The van der Waals surface area contributed by atoms with Crippen molar-refractivity contribution in [2.45, 2.75) is 32.2 Å². The normalized spacial score (nSPS) is 34.2. The largest absolute Gasteiger partial charge is 0.351 e. The van der Waals surface area contributed by atoms with Gasteiger partial charge in [-0.15, -0.1) is 0 Å². The van der Waals surface area contributed by atoms with E-state index in [2.05, 4.69) is 17.6 Å². The van der Waals surface area contributed by atoms with Crippen LogP contribution in [0.1, 0.15) is 26.2 Å². The summed E-state index contributed by atoms with van der Waals surface area (Å²) < 4.78 is 0. The molecule has 3 nitrogen and oxygen atoms in total. The second-order valence-corrected chi connectivity index (χ2v) is 4.38. The van der Waals surface area contributed by atoms with Crippen molar-refractivity contribution in [1.29, 1.82) is 0 Å². The number of hydrogen-bond donors (Lipinski definition) is 2. The van der Waals surface area contributed by atoms with E-state index in [-0.39, 0.29) is 5.91 Å². The highest BCUT2D eigenvalue weighted by molar-refractivity contribution is 5.79. The molecular weight excluding hydrogens is 164 g/mol. The lowest BCUT2D eigenvalue weighted by molar-refractivity contribution is -0.126. The van der Waals surface area contributed by atoms with Crippen LogP contribution in [0.4, 0.5) is 0 Å². The molecular formula is C10H18N2O. The van der Waals surface area contributed by atoms with Crippen molar-refractivity contribution in [2.24, 2.45) is 11.8 Å². The standard InChI is InChI=1S/C10H18N2O/c1-7-3-2-4-9(7)10(13)12-8-5-11-6-8/h7-9,11H,2-6H2,1H3,(H,12,13). The molecule has 0 bridgehead atoms. The van der Waals surface area contributed by atoms with Gasteiger partial charge in [0.15, 0.2) is 0 Å². The first kappa shape index (κ1) is 9.00. The monoisotopic (exact) mass is 182 g/mol. The maximum atomic E-state index is 11.7. The molecule has 1 amide bonds. The number of carbonyl (C=O) groups excluding carboxylic acids is 1. The zero-order valence-electron chi connectivity index (χ0n) is 8.18. The molecule has 74 valence electrons. The Morgan fingerprint density at radius 1 is 1.38 bits per heavy atom. The van der Waals surface area contributed by atoms with Gasteiger partial charge < -0.3 is 10.6 Å².